The van der Waals surface area contributed by atoms with Gasteiger partial charge in [-0.15, -0.1) is 0 Å². The minimum Gasteiger partial charge on any atom is -0.495 e. The van der Waals surface area contributed by atoms with Gasteiger partial charge in [-0.2, -0.15) is 0 Å². The second-order valence-corrected chi connectivity index (χ2v) is 6.88. The molecule has 1 aliphatic heterocycles. The Kier molecular flexibility index (Phi) is 5.75. The van der Waals surface area contributed by atoms with Crippen molar-refractivity contribution in [2.75, 3.05) is 40.3 Å². The van der Waals surface area contributed by atoms with Gasteiger partial charge in [0, 0.05) is 32.3 Å². The first-order valence-electron chi connectivity index (χ1n) is 7.27. The van der Waals surface area contributed by atoms with Crippen molar-refractivity contribution >= 4 is 22.0 Å². The lowest BCUT2D eigenvalue weighted by molar-refractivity contribution is -0.126. The van der Waals surface area contributed by atoms with Crippen LogP contribution in [-0.4, -0.2) is 59.6 Å². The molecule has 2 rings (SSSR count). The summed E-state index contributed by atoms with van der Waals surface area (Å²) in [6.45, 7) is 2.91. The summed E-state index contributed by atoms with van der Waals surface area (Å²) in [6, 6.07) is 4.75. The van der Waals surface area contributed by atoms with E-state index in [2.05, 4.69) is 10.0 Å². The van der Waals surface area contributed by atoms with E-state index in [1.807, 2.05) is 0 Å². The van der Waals surface area contributed by atoms with E-state index in [0.717, 1.165) is 13.1 Å². The lowest BCUT2D eigenvalue weighted by Gasteiger charge is -2.26. The lowest BCUT2D eigenvalue weighted by atomic mass is 10.2. The molecule has 0 atom stereocenters. The Balaban J connectivity index is 2.21. The van der Waals surface area contributed by atoms with Gasteiger partial charge in [-0.25, -0.2) is 13.1 Å². The van der Waals surface area contributed by atoms with E-state index in [4.69, 9.17) is 4.74 Å². The average molecular weight is 339 g/mol. The third-order valence-electron chi connectivity index (χ3n) is 3.59. The molecule has 7 nitrogen and oxygen atoms in total. The minimum absolute atomic E-state index is 0.0410. The third kappa shape index (κ3) is 4.31. The largest absolute Gasteiger partial charge is 0.495 e. The van der Waals surface area contributed by atoms with Crippen molar-refractivity contribution in [2.24, 2.45) is 0 Å². The maximum Gasteiger partial charge on any atom is 0.246 e. The zero-order chi connectivity index (χ0) is 16.9. The van der Waals surface area contributed by atoms with Crippen LogP contribution >= 0.6 is 0 Å². The summed E-state index contributed by atoms with van der Waals surface area (Å²) in [5.74, 6) is 0.172. The number of rotatable bonds is 5. The Morgan fingerprint density at radius 3 is 2.65 bits per heavy atom. The molecule has 1 aromatic rings. The van der Waals surface area contributed by atoms with Gasteiger partial charge in [0.2, 0.25) is 15.9 Å². The standard InChI is InChI=1S/C15H21N3O4S/c1-16-23(20,21)14-11-12(3-5-13(14)22-2)4-6-15(19)18-9-7-17-8-10-18/h3-6,11,16-17H,7-10H2,1-2H3. The number of methoxy groups -OCH3 is 1. The van der Waals surface area contributed by atoms with Crippen LogP contribution in [0.25, 0.3) is 6.08 Å². The number of amides is 1. The predicted molar refractivity (Wildman–Crippen MR) is 87.7 cm³/mol. The number of piperazine rings is 1. The van der Waals surface area contributed by atoms with Gasteiger partial charge in [-0.1, -0.05) is 6.07 Å². The molecular formula is C15H21N3O4S. The Morgan fingerprint density at radius 1 is 1.35 bits per heavy atom. The second kappa shape index (κ2) is 7.58. The van der Waals surface area contributed by atoms with Crippen LogP contribution in [0.3, 0.4) is 0 Å². The van der Waals surface area contributed by atoms with Gasteiger partial charge in [0.05, 0.1) is 7.11 Å². The van der Waals surface area contributed by atoms with E-state index in [0.29, 0.717) is 18.7 Å². The van der Waals surface area contributed by atoms with Crippen molar-refractivity contribution in [3.8, 4) is 5.75 Å². The molecule has 126 valence electrons. The van der Waals surface area contributed by atoms with Crippen LogP contribution in [0, 0.1) is 0 Å². The minimum atomic E-state index is -3.63. The molecule has 0 unspecified atom stereocenters. The van der Waals surface area contributed by atoms with Gasteiger partial charge in [0.15, 0.2) is 0 Å². The van der Waals surface area contributed by atoms with Crippen LogP contribution < -0.4 is 14.8 Å². The van der Waals surface area contributed by atoms with E-state index in [1.54, 1.807) is 23.1 Å². The first kappa shape index (κ1) is 17.5. The zero-order valence-electron chi connectivity index (χ0n) is 13.2. The summed E-state index contributed by atoms with van der Waals surface area (Å²) in [5.41, 5.74) is 0.614. The highest BCUT2D eigenvalue weighted by Crippen LogP contribution is 2.25. The van der Waals surface area contributed by atoms with Gasteiger partial charge in [0.1, 0.15) is 10.6 Å². The molecule has 0 aliphatic carbocycles. The number of carbonyl (C=O) groups excluding carboxylic acids is 1. The maximum absolute atomic E-state index is 12.1. The first-order valence-corrected chi connectivity index (χ1v) is 8.75. The number of sulfonamides is 1. The van der Waals surface area contributed by atoms with E-state index in [-0.39, 0.29) is 16.6 Å². The second-order valence-electron chi connectivity index (χ2n) is 5.03. The Bertz CT molecular complexity index is 695. The highest BCUT2D eigenvalue weighted by Gasteiger charge is 2.18. The Labute approximate surface area is 136 Å². The number of nitrogens with zero attached hydrogens (tertiary/aromatic N) is 1. The van der Waals surface area contributed by atoms with Gasteiger partial charge in [0.25, 0.3) is 0 Å². The predicted octanol–water partition coefficient (Wildman–Crippen LogP) is 0.0483. The molecule has 0 spiro atoms. The van der Waals surface area contributed by atoms with Gasteiger partial charge in [-0.3, -0.25) is 4.79 Å². The molecule has 2 N–H and O–H groups in total. The molecule has 0 radical (unpaired) electrons. The van der Waals surface area contributed by atoms with Gasteiger partial charge >= 0.3 is 0 Å². The number of benzene rings is 1. The number of ether oxygens (including phenoxy) is 1. The fraction of sp³-hybridized carbons (Fsp3) is 0.400. The number of hydrogen-bond donors (Lipinski definition) is 2. The SMILES string of the molecule is CNS(=O)(=O)c1cc(C=CC(=O)N2CCNCC2)ccc1OC. The topological polar surface area (TPSA) is 87.7 Å². The average Bonchev–Trinajstić information content (AvgIpc) is 2.60. The first-order chi connectivity index (χ1) is 11.0. The van der Waals surface area contributed by atoms with Crippen molar-refractivity contribution in [3.63, 3.8) is 0 Å². The zero-order valence-corrected chi connectivity index (χ0v) is 14.0. The fourth-order valence-electron chi connectivity index (χ4n) is 2.28. The molecule has 8 heteroatoms. The quantitative estimate of drug-likeness (QED) is 0.740. The molecule has 0 saturated carbocycles. The molecule has 1 saturated heterocycles. The molecule has 1 aliphatic rings. The molecule has 0 bridgehead atoms. The Morgan fingerprint density at radius 2 is 2.04 bits per heavy atom. The molecule has 23 heavy (non-hydrogen) atoms. The van der Waals surface area contributed by atoms with Crippen molar-refractivity contribution in [1.82, 2.24) is 14.9 Å². The molecule has 1 aromatic carbocycles. The lowest BCUT2D eigenvalue weighted by Crippen LogP contribution is -2.45. The Hall–Kier alpha value is -1.90. The van der Waals surface area contributed by atoms with E-state index >= 15 is 0 Å². The monoisotopic (exact) mass is 339 g/mol. The highest BCUT2D eigenvalue weighted by atomic mass is 32.2. The van der Waals surface area contributed by atoms with Gasteiger partial charge < -0.3 is 15.0 Å². The summed E-state index contributed by atoms with van der Waals surface area (Å²) in [4.78, 5) is 13.9. The summed E-state index contributed by atoms with van der Waals surface area (Å²) in [7, 11) is -0.886. The van der Waals surface area contributed by atoms with Crippen LogP contribution in [0.1, 0.15) is 5.56 Å². The van der Waals surface area contributed by atoms with E-state index < -0.39 is 10.0 Å². The van der Waals surface area contributed by atoms with Crippen molar-refractivity contribution in [2.45, 2.75) is 4.90 Å². The molecule has 1 amide bonds. The molecule has 1 heterocycles. The molecular weight excluding hydrogens is 318 g/mol. The van der Waals surface area contributed by atoms with E-state index in [1.165, 1.54) is 26.3 Å². The summed E-state index contributed by atoms with van der Waals surface area (Å²) in [6.07, 6.45) is 3.07. The van der Waals surface area contributed by atoms with Crippen LogP contribution in [0.2, 0.25) is 0 Å². The smallest absolute Gasteiger partial charge is 0.246 e. The molecule has 0 aromatic heterocycles. The fourth-order valence-corrected chi connectivity index (χ4v) is 3.20. The number of carbonyl (C=O) groups is 1. The summed E-state index contributed by atoms with van der Waals surface area (Å²) in [5, 5.41) is 3.18. The molecule has 1 fully saturated rings. The number of nitrogens with one attached hydrogen (secondary N) is 2. The highest BCUT2D eigenvalue weighted by molar-refractivity contribution is 7.89. The van der Waals surface area contributed by atoms with Crippen LogP contribution in [0.4, 0.5) is 0 Å². The number of hydrogen-bond acceptors (Lipinski definition) is 5. The summed E-state index contributed by atoms with van der Waals surface area (Å²) >= 11 is 0. The van der Waals surface area contributed by atoms with Crippen LogP contribution in [-0.2, 0) is 14.8 Å². The van der Waals surface area contributed by atoms with Crippen molar-refractivity contribution in [1.29, 1.82) is 0 Å². The summed E-state index contributed by atoms with van der Waals surface area (Å²) < 4.78 is 31.4. The van der Waals surface area contributed by atoms with E-state index in [9.17, 15) is 13.2 Å². The van der Waals surface area contributed by atoms with Crippen molar-refractivity contribution < 1.29 is 17.9 Å². The maximum atomic E-state index is 12.1. The van der Waals surface area contributed by atoms with Crippen molar-refractivity contribution in [3.05, 3.63) is 29.8 Å². The van der Waals surface area contributed by atoms with Gasteiger partial charge in [-0.05, 0) is 30.8 Å². The van der Waals surface area contributed by atoms with Crippen LogP contribution in [0.15, 0.2) is 29.2 Å². The normalized spacial score (nSPS) is 15.8. The van der Waals surface area contributed by atoms with Crippen LogP contribution in [0.5, 0.6) is 5.75 Å². The third-order valence-corrected chi connectivity index (χ3v) is 5.03.